The fraction of sp³-hybridized carbons (Fsp3) is 0.211. The van der Waals surface area contributed by atoms with E-state index in [1.807, 2.05) is 4.90 Å². The van der Waals surface area contributed by atoms with Crippen LogP contribution < -0.4 is 4.90 Å². The van der Waals surface area contributed by atoms with Crippen LogP contribution in [0.5, 0.6) is 0 Å². The van der Waals surface area contributed by atoms with Gasteiger partial charge in [0.05, 0.1) is 28.6 Å². The van der Waals surface area contributed by atoms with Gasteiger partial charge in [0.1, 0.15) is 11.5 Å². The molecule has 0 radical (unpaired) electrons. The maximum atomic E-state index is 12.9. The molecule has 1 saturated heterocycles. The van der Waals surface area contributed by atoms with Gasteiger partial charge in [-0.15, -0.1) is 0 Å². The predicted molar refractivity (Wildman–Crippen MR) is 98.9 cm³/mol. The van der Waals surface area contributed by atoms with Crippen LogP contribution >= 0.6 is 11.6 Å². The minimum Gasteiger partial charge on any atom is -0.389 e. The number of aromatic nitrogens is 3. The average Bonchev–Trinajstić information content (AvgIpc) is 2.65. The van der Waals surface area contributed by atoms with Crippen LogP contribution in [0, 0.1) is 0 Å². The molecule has 0 amide bonds. The van der Waals surface area contributed by atoms with Crippen LogP contribution in [-0.2, 0) is 6.18 Å². The summed E-state index contributed by atoms with van der Waals surface area (Å²) in [7, 11) is 0. The predicted octanol–water partition coefficient (Wildman–Crippen LogP) is 4.06. The third-order valence-electron chi connectivity index (χ3n) is 4.46. The lowest BCUT2D eigenvalue weighted by Gasteiger charge is -2.36. The summed E-state index contributed by atoms with van der Waals surface area (Å²) in [5, 5.41) is 9.88. The fourth-order valence-electron chi connectivity index (χ4n) is 2.96. The Morgan fingerprint density at radius 1 is 1.04 bits per heavy atom. The van der Waals surface area contributed by atoms with Crippen LogP contribution in [0.4, 0.5) is 19.0 Å². The van der Waals surface area contributed by atoms with Gasteiger partial charge in [0, 0.05) is 36.6 Å². The average molecular weight is 407 g/mol. The number of rotatable bonds is 3. The minimum atomic E-state index is -4.41. The summed E-state index contributed by atoms with van der Waals surface area (Å²) in [6.45, 7) is 0.885. The van der Waals surface area contributed by atoms with Crippen molar-refractivity contribution in [1.82, 2.24) is 15.0 Å². The zero-order valence-electron chi connectivity index (χ0n) is 14.4. The number of pyridine rings is 1. The molecule has 0 aliphatic carbocycles. The van der Waals surface area contributed by atoms with Gasteiger partial charge in [0.15, 0.2) is 0 Å². The van der Waals surface area contributed by atoms with Crippen molar-refractivity contribution in [2.45, 2.75) is 12.3 Å². The Hall–Kier alpha value is -2.71. The molecule has 5 nitrogen and oxygen atoms in total. The molecule has 4 rings (SSSR count). The molecule has 2 aromatic heterocycles. The fourth-order valence-corrected chi connectivity index (χ4v) is 3.17. The molecule has 0 atom stereocenters. The van der Waals surface area contributed by atoms with E-state index in [1.54, 1.807) is 12.3 Å². The number of hydrogen-bond acceptors (Lipinski definition) is 5. The molecule has 0 unspecified atom stereocenters. The van der Waals surface area contributed by atoms with E-state index in [2.05, 4.69) is 15.0 Å². The number of β-amino-alcohol motifs (C(OH)–C–C–N with tert-alkyl or cyclic N) is 1. The van der Waals surface area contributed by atoms with Crippen molar-refractivity contribution in [3.8, 4) is 22.5 Å². The topological polar surface area (TPSA) is 62.1 Å². The van der Waals surface area contributed by atoms with E-state index in [0.29, 0.717) is 46.4 Å². The second-order valence-corrected chi connectivity index (χ2v) is 6.82. The summed E-state index contributed by atoms with van der Waals surface area (Å²) in [6, 6.07) is 6.41. The van der Waals surface area contributed by atoms with Gasteiger partial charge in [0.25, 0.3) is 0 Å². The largest absolute Gasteiger partial charge is 0.416 e. The van der Waals surface area contributed by atoms with Crippen molar-refractivity contribution in [2.24, 2.45) is 0 Å². The Bertz CT molecular complexity index is 1000. The molecule has 0 spiro atoms. The number of alkyl halides is 3. The van der Waals surface area contributed by atoms with Crippen LogP contribution in [0.25, 0.3) is 22.5 Å². The second kappa shape index (κ2) is 7.03. The first-order valence-corrected chi connectivity index (χ1v) is 8.78. The summed E-state index contributed by atoms with van der Waals surface area (Å²) in [5.74, 6) is 0.559. The van der Waals surface area contributed by atoms with Crippen molar-refractivity contribution >= 4 is 17.4 Å². The Labute approximate surface area is 163 Å². The molecular formula is C19H14ClF3N4O. The highest BCUT2D eigenvalue weighted by Gasteiger charge is 2.30. The molecule has 144 valence electrons. The molecule has 1 fully saturated rings. The zero-order valence-corrected chi connectivity index (χ0v) is 15.1. The standard InChI is InChI=1S/C19H14ClF3N4O/c20-15-7-24-6-5-14(15)18-17(11-1-3-12(4-2-11)19(21,22)23)25-8-16(26-18)27-9-13(28)10-27/h1-8,13,28H,9-10H2. The first-order valence-electron chi connectivity index (χ1n) is 8.40. The highest BCUT2D eigenvalue weighted by Crippen LogP contribution is 2.36. The van der Waals surface area contributed by atoms with Gasteiger partial charge in [0.2, 0.25) is 0 Å². The molecule has 1 aromatic carbocycles. The Morgan fingerprint density at radius 2 is 1.75 bits per heavy atom. The maximum absolute atomic E-state index is 12.9. The Balaban J connectivity index is 1.81. The molecule has 1 aliphatic rings. The second-order valence-electron chi connectivity index (χ2n) is 6.41. The highest BCUT2D eigenvalue weighted by molar-refractivity contribution is 6.33. The van der Waals surface area contributed by atoms with Crippen molar-refractivity contribution in [2.75, 3.05) is 18.0 Å². The van der Waals surface area contributed by atoms with Crippen LogP contribution in [0.2, 0.25) is 5.02 Å². The normalized spacial score (nSPS) is 14.8. The van der Waals surface area contributed by atoms with Crippen molar-refractivity contribution in [3.63, 3.8) is 0 Å². The zero-order chi connectivity index (χ0) is 19.9. The van der Waals surface area contributed by atoms with Gasteiger partial charge in [-0.25, -0.2) is 4.98 Å². The summed E-state index contributed by atoms with van der Waals surface area (Å²) >= 11 is 6.27. The van der Waals surface area contributed by atoms with Gasteiger partial charge in [-0.1, -0.05) is 23.7 Å². The molecule has 1 aliphatic heterocycles. The van der Waals surface area contributed by atoms with E-state index in [1.165, 1.54) is 24.5 Å². The van der Waals surface area contributed by atoms with Gasteiger partial charge in [-0.3, -0.25) is 9.97 Å². The Morgan fingerprint density at radius 3 is 2.36 bits per heavy atom. The number of anilines is 1. The van der Waals surface area contributed by atoms with E-state index < -0.39 is 17.8 Å². The summed E-state index contributed by atoms with van der Waals surface area (Å²) < 4.78 is 38.6. The SMILES string of the molecule is OC1CN(c2cnc(-c3ccc(C(F)(F)F)cc3)c(-c3ccncc3Cl)n2)C1. The molecule has 9 heteroatoms. The molecule has 28 heavy (non-hydrogen) atoms. The Kier molecular flexibility index (Phi) is 4.68. The van der Waals surface area contributed by atoms with E-state index in [9.17, 15) is 18.3 Å². The van der Waals surface area contributed by atoms with E-state index in [0.717, 1.165) is 12.1 Å². The molecule has 0 bridgehead atoms. The van der Waals surface area contributed by atoms with Crippen molar-refractivity contribution in [3.05, 3.63) is 59.5 Å². The first-order chi connectivity index (χ1) is 13.3. The van der Waals surface area contributed by atoms with Crippen LogP contribution in [0.15, 0.2) is 48.9 Å². The van der Waals surface area contributed by atoms with Gasteiger partial charge >= 0.3 is 6.18 Å². The number of nitrogens with zero attached hydrogens (tertiary/aromatic N) is 4. The summed E-state index contributed by atoms with van der Waals surface area (Å²) in [4.78, 5) is 14.9. The third kappa shape index (κ3) is 3.53. The maximum Gasteiger partial charge on any atom is 0.416 e. The molecule has 3 aromatic rings. The lowest BCUT2D eigenvalue weighted by Crippen LogP contribution is -2.51. The number of hydrogen-bond donors (Lipinski definition) is 1. The highest BCUT2D eigenvalue weighted by atomic mass is 35.5. The number of halogens is 4. The third-order valence-corrected chi connectivity index (χ3v) is 4.76. The summed E-state index contributed by atoms with van der Waals surface area (Å²) in [6.07, 6.45) is -0.264. The van der Waals surface area contributed by atoms with Gasteiger partial charge in [-0.2, -0.15) is 13.2 Å². The number of aliphatic hydroxyl groups excluding tert-OH is 1. The molecule has 3 heterocycles. The number of aliphatic hydroxyl groups is 1. The van der Waals surface area contributed by atoms with E-state index >= 15 is 0 Å². The van der Waals surface area contributed by atoms with Crippen LogP contribution in [0.3, 0.4) is 0 Å². The lowest BCUT2D eigenvalue weighted by atomic mass is 10.0. The van der Waals surface area contributed by atoms with Crippen molar-refractivity contribution in [1.29, 1.82) is 0 Å². The van der Waals surface area contributed by atoms with Gasteiger partial charge in [-0.05, 0) is 18.2 Å². The quantitative estimate of drug-likeness (QED) is 0.710. The van der Waals surface area contributed by atoms with Crippen molar-refractivity contribution < 1.29 is 18.3 Å². The summed E-state index contributed by atoms with van der Waals surface area (Å²) in [5.41, 5.74) is 1.16. The monoisotopic (exact) mass is 406 g/mol. The van der Waals surface area contributed by atoms with Crippen LogP contribution in [0.1, 0.15) is 5.56 Å². The van der Waals surface area contributed by atoms with E-state index in [4.69, 9.17) is 11.6 Å². The van der Waals surface area contributed by atoms with Crippen LogP contribution in [-0.4, -0.2) is 39.3 Å². The minimum absolute atomic E-state index is 0.353. The smallest absolute Gasteiger partial charge is 0.389 e. The van der Waals surface area contributed by atoms with E-state index in [-0.39, 0.29) is 0 Å². The van der Waals surface area contributed by atoms with Gasteiger partial charge < -0.3 is 10.0 Å². The molecule has 0 saturated carbocycles. The lowest BCUT2D eigenvalue weighted by molar-refractivity contribution is -0.137. The molecular weight excluding hydrogens is 393 g/mol. The molecule has 1 N–H and O–H groups in total. The number of benzene rings is 1. The first kappa shape index (κ1) is 18.6.